The van der Waals surface area contributed by atoms with Crippen LogP contribution in [-0.2, 0) is 19.2 Å². The van der Waals surface area contributed by atoms with Crippen molar-refractivity contribution in [3.8, 4) is 17.0 Å². The number of ether oxygens (including phenoxy) is 1. The van der Waals surface area contributed by atoms with E-state index in [-0.39, 0.29) is 60.1 Å². The number of nitrogens with one attached hydrogen (secondary N) is 4. The number of rotatable bonds is 15. The topological polar surface area (TPSA) is 202 Å². The number of fused-ring (bicyclic) bond motifs is 2. The summed E-state index contributed by atoms with van der Waals surface area (Å²) in [5.41, 5.74) is 2.99. The van der Waals surface area contributed by atoms with Crippen molar-refractivity contribution in [3.63, 3.8) is 0 Å². The first-order chi connectivity index (χ1) is 29.6. The van der Waals surface area contributed by atoms with Crippen molar-refractivity contribution in [1.29, 1.82) is 0 Å². The Morgan fingerprint density at radius 1 is 0.967 bits per heavy atom. The maximum absolute atomic E-state index is 13.7. The van der Waals surface area contributed by atoms with E-state index in [2.05, 4.69) is 30.8 Å². The number of nitrogens with zero attached hydrogens (tertiary/aromatic N) is 5. The molecule has 5 amide bonds. The average molecular weight is 854 g/mol. The average Bonchev–Trinajstić information content (AvgIpc) is 3.81. The van der Waals surface area contributed by atoms with Crippen LogP contribution in [0.15, 0.2) is 54.9 Å². The molecule has 2 aromatic carbocycles. The van der Waals surface area contributed by atoms with E-state index in [1.54, 1.807) is 24.4 Å². The number of aliphatic hydroxyl groups excluding tert-OH is 1. The summed E-state index contributed by atoms with van der Waals surface area (Å²) in [5, 5.41) is 21.0. The predicted octanol–water partition coefficient (Wildman–Crippen LogP) is 4.40. The van der Waals surface area contributed by atoms with E-state index < -0.39 is 30.0 Å². The third kappa shape index (κ3) is 9.51. The molecule has 3 atom stereocenters. The molecule has 8 rings (SSSR count). The predicted molar refractivity (Wildman–Crippen MR) is 227 cm³/mol. The lowest BCUT2D eigenvalue weighted by Crippen LogP contribution is -2.53. The van der Waals surface area contributed by atoms with Gasteiger partial charge in [0, 0.05) is 66.2 Å². The van der Waals surface area contributed by atoms with Gasteiger partial charge in [0.15, 0.2) is 12.8 Å². The molecule has 4 aliphatic heterocycles. The van der Waals surface area contributed by atoms with Gasteiger partial charge in [-0.15, -0.1) is 0 Å². The Hall–Kier alpha value is -5.58. The number of carbonyl (C=O) groups excluding carboxylic acids is 5. The van der Waals surface area contributed by atoms with Crippen LogP contribution in [-0.4, -0.2) is 122 Å². The van der Waals surface area contributed by atoms with E-state index in [1.807, 2.05) is 35.4 Å². The maximum Gasteiger partial charge on any atom is 0.261 e. The minimum Gasteiger partial charge on any atom is -0.483 e. The number of halogens is 1. The molecule has 4 aliphatic rings. The smallest absolute Gasteiger partial charge is 0.261 e. The minimum absolute atomic E-state index is 0.0327. The first-order valence-corrected chi connectivity index (χ1v) is 21.8. The lowest BCUT2D eigenvalue weighted by Gasteiger charge is -2.38. The number of hydrogen-bond acceptors (Lipinski definition) is 11. The molecule has 4 aromatic rings. The Labute approximate surface area is 358 Å². The Morgan fingerprint density at radius 2 is 1.79 bits per heavy atom. The molecule has 61 heavy (non-hydrogen) atoms. The Kier molecular flexibility index (Phi) is 13.1. The number of imide groups is 1. The Morgan fingerprint density at radius 3 is 2.62 bits per heavy atom. The molecule has 0 radical (unpaired) electrons. The second-order valence-electron chi connectivity index (χ2n) is 16.3. The van der Waals surface area contributed by atoms with Gasteiger partial charge >= 0.3 is 0 Å². The molecule has 5 N–H and O–H groups in total. The van der Waals surface area contributed by atoms with Gasteiger partial charge in [-0.2, -0.15) is 0 Å². The van der Waals surface area contributed by atoms with Gasteiger partial charge in [0.2, 0.25) is 23.7 Å². The van der Waals surface area contributed by atoms with Gasteiger partial charge in [0.05, 0.1) is 22.5 Å². The van der Waals surface area contributed by atoms with Crippen LogP contribution in [0.4, 0.5) is 5.95 Å². The number of amides is 5. The number of aliphatic hydroxyl groups is 1. The lowest BCUT2D eigenvalue weighted by atomic mass is 9.93. The number of carbonyl (C=O) groups is 5. The number of anilines is 1. The Bertz CT molecular complexity index is 2280. The van der Waals surface area contributed by atoms with Crippen molar-refractivity contribution < 1.29 is 33.8 Å². The van der Waals surface area contributed by atoms with E-state index >= 15 is 0 Å². The summed E-state index contributed by atoms with van der Waals surface area (Å²) in [7, 11) is 0. The standard InChI is InChI=1S/C44H52ClN9O7/c45-32-24-48-44(51-39(32)31-23-47-33-12-4-3-10-29(31)33)49-28-9-8-20-53(25-28)41(58)27-16-21-52(22-17-27)19-6-2-1-5-18-46-37(56)26-61-35-13-7-11-30-38(35)43(60)54(42(30)59)34-14-15-36(55)50-40(34)57/h3-4,7,10-13,23-24,27-28,34,42,47,59H,1-2,5-6,8-9,14-22,25-26H2,(H,46,56)(H,48,49,51)(H,50,55,57)/t28-,34?,42?/m1/s1. The van der Waals surface area contributed by atoms with Crippen molar-refractivity contribution in [2.75, 3.05) is 51.2 Å². The third-order valence-electron chi connectivity index (χ3n) is 12.3. The first-order valence-electron chi connectivity index (χ1n) is 21.4. The van der Waals surface area contributed by atoms with E-state index in [4.69, 9.17) is 21.3 Å². The van der Waals surface area contributed by atoms with E-state index in [9.17, 15) is 29.1 Å². The summed E-state index contributed by atoms with van der Waals surface area (Å²) in [6.07, 6.45) is 9.76. The molecular formula is C44H52ClN9O7. The number of para-hydroxylation sites is 1. The molecule has 6 heterocycles. The van der Waals surface area contributed by atoms with Crippen molar-refractivity contribution in [2.45, 2.75) is 82.5 Å². The number of piperidine rings is 3. The fourth-order valence-corrected chi connectivity index (χ4v) is 9.22. The number of likely N-dealkylation sites (tertiary alicyclic amines) is 2. The van der Waals surface area contributed by atoms with Crippen LogP contribution in [0.5, 0.6) is 5.75 Å². The zero-order valence-corrected chi connectivity index (χ0v) is 34.8. The Balaban J connectivity index is 0.703. The van der Waals surface area contributed by atoms with Crippen molar-refractivity contribution in [3.05, 3.63) is 71.0 Å². The van der Waals surface area contributed by atoms with Gasteiger partial charge < -0.3 is 35.3 Å². The largest absolute Gasteiger partial charge is 0.483 e. The summed E-state index contributed by atoms with van der Waals surface area (Å²) in [5.74, 6) is -1.04. The van der Waals surface area contributed by atoms with Gasteiger partial charge in [0.1, 0.15) is 11.8 Å². The first kappa shape index (κ1) is 42.1. The molecule has 0 aliphatic carbocycles. The summed E-state index contributed by atoms with van der Waals surface area (Å²) in [4.78, 5) is 81.6. The summed E-state index contributed by atoms with van der Waals surface area (Å²) >= 11 is 6.55. The highest BCUT2D eigenvalue weighted by molar-refractivity contribution is 6.33. The fraction of sp³-hybridized carbons (Fsp3) is 0.477. The molecule has 0 bridgehead atoms. The van der Waals surface area contributed by atoms with E-state index in [0.29, 0.717) is 29.8 Å². The molecule has 17 heteroatoms. The zero-order chi connectivity index (χ0) is 42.5. The van der Waals surface area contributed by atoms with Crippen LogP contribution in [0, 0.1) is 5.92 Å². The molecule has 0 spiro atoms. The van der Waals surface area contributed by atoms with Crippen molar-refractivity contribution >= 4 is 58.0 Å². The summed E-state index contributed by atoms with van der Waals surface area (Å²) in [6.45, 7) is 4.36. The monoisotopic (exact) mass is 853 g/mol. The maximum atomic E-state index is 13.7. The number of aromatic amines is 1. The molecular weight excluding hydrogens is 802 g/mol. The molecule has 2 aromatic heterocycles. The SMILES string of the molecule is O=C(COc1cccc2c1C(=O)N(C1CCC(=O)NC1=O)C2O)NCCCCCCN1CCC(C(=O)N2CCC[C@@H](Nc3ncc(Cl)c(-c4c[nH]c5ccccc45)n3)C2)CC1. The summed E-state index contributed by atoms with van der Waals surface area (Å²) in [6, 6.07) is 11.8. The second kappa shape index (κ2) is 19.0. The molecule has 2 unspecified atom stereocenters. The van der Waals surface area contributed by atoms with Crippen LogP contribution in [0.3, 0.4) is 0 Å². The minimum atomic E-state index is -1.37. The van der Waals surface area contributed by atoms with Crippen molar-refractivity contribution in [1.82, 2.24) is 40.3 Å². The summed E-state index contributed by atoms with van der Waals surface area (Å²) < 4.78 is 5.72. The molecule has 3 saturated heterocycles. The molecule has 16 nitrogen and oxygen atoms in total. The quantitative estimate of drug-likeness (QED) is 0.0839. The van der Waals surface area contributed by atoms with E-state index in [1.165, 1.54) is 0 Å². The highest BCUT2D eigenvalue weighted by Gasteiger charge is 2.46. The highest BCUT2D eigenvalue weighted by atomic mass is 35.5. The number of unbranched alkanes of at least 4 members (excludes halogenated alkanes) is 3. The van der Waals surface area contributed by atoms with Gasteiger partial charge in [-0.3, -0.25) is 34.2 Å². The van der Waals surface area contributed by atoms with Crippen LogP contribution >= 0.6 is 11.6 Å². The number of H-pyrrole nitrogens is 1. The normalized spacial score (nSPS) is 21.1. The van der Waals surface area contributed by atoms with Gasteiger partial charge in [-0.25, -0.2) is 9.97 Å². The van der Waals surface area contributed by atoms with Crippen LogP contribution in [0.1, 0.15) is 86.4 Å². The third-order valence-corrected chi connectivity index (χ3v) is 12.5. The van der Waals surface area contributed by atoms with Crippen LogP contribution < -0.4 is 20.7 Å². The lowest BCUT2D eigenvalue weighted by molar-refractivity contribution is -0.140. The molecule has 0 saturated carbocycles. The second-order valence-corrected chi connectivity index (χ2v) is 16.8. The van der Waals surface area contributed by atoms with E-state index in [0.717, 1.165) is 98.9 Å². The van der Waals surface area contributed by atoms with Crippen LogP contribution in [0.2, 0.25) is 5.02 Å². The molecule has 3 fully saturated rings. The number of hydrogen-bond donors (Lipinski definition) is 5. The van der Waals surface area contributed by atoms with Gasteiger partial charge in [-0.05, 0) is 76.7 Å². The highest BCUT2D eigenvalue weighted by Crippen LogP contribution is 2.40. The van der Waals surface area contributed by atoms with Crippen molar-refractivity contribution in [2.24, 2.45) is 5.92 Å². The van der Waals surface area contributed by atoms with Crippen LogP contribution in [0.25, 0.3) is 22.2 Å². The molecule has 322 valence electrons. The number of benzene rings is 2. The van der Waals surface area contributed by atoms with Gasteiger partial charge in [-0.1, -0.05) is 54.8 Å². The fourth-order valence-electron chi connectivity index (χ4n) is 9.03. The number of aromatic nitrogens is 3. The van der Waals surface area contributed by atoms with Gasteiger partial charge in [0.25, 0.3) is 11.8 Å². The zero-order valence-electron chi connectivity index (χ0n) is 34.0.